The summed E-state index contributed by atoms with van der Waals surface area (Å²) in [5.74, 6) is -0.902. The summed E-state index contributed by atoms with van der Waals surface area (Å²) in [5.41, 5.74) is 0.813. The number of fused-ring (bicyclic) bond motifs is 1. The zero-order valence-corrected chi connectivity index (χ0v) is 10.2. The zero-order valence-electron chi connectivity index (χ0n) is 9.40. The maximum atomic E-state index is 11.9. The summed E-state index contributed by atoms with van der Waals surface area (Å²) < 4.78 is 6.04. The Morgan fingerprint density at radius 2 is 2.24 bits per heavy atom. The fourth-order valence-corrected chi connectivity index (χ4v) is 1.83. The molecular formula is C12H12ClNO3. The van der Waals surface area contributed by atoms with Crippen LogP contribution in [0.4, 0.5) is 0 Å². The molecular weight excluding hydrogens is 242 g/mol. The fraction of sp³-hybridized carbons (Fsp3) is 0.333. The van der Waals surface area contributed by atoms with Crippen LogP contribution < -0.4 is 5.76 Å². The standard InChI is InChI=1S/C12H12ClNO3/c1-2-3-4-11(15)14-9-7-8(13)5-6-10(9)17-12(14)16/h5-7H,2-4H2,1H3. The van der Waals surface area contributed by atoms with Gasteiger partial charge in [0.15, 0.2) is 5.58 Å². The molecule has 0 saturated carbocycles. The van der Waals surface area contributed by atoms with Gasteiger partial charge < -0.3 is 4.42 Å². The van der Waals surface area contributed by atoms with Crippen molar-refractivity contribution < 1.29 is 9.21 Å². The van der Waals surface area contributed by atoms with E-state index < -0.39 is 5.76 Å². The molecule has 0 N–H and O–H groups in total. The summed E-state index contributed by atoms with van der Waals surface area (Å²) in [4.78, 5) is 23.5. The monoisotopic (exact) mass is 253 g/mol. The molecule has 17 heavy (non-hydrogen) atoms. The van der Waals surface area contributed by atoms with Crippen LogP contribution in [-0.4, -0.2) is 10.5 Å². The average molecular weight is 254 g/mol. The molecule has 2 aromatic rings. The molecule has 0 fully saturated rings. The molecule has 1 heterocycles. The molecule has 0 aliphatic rings. The van der Waals surface area contributed by atoms with E-state index in [2.05, 4.69) is 0 Å². The number of nitrogens with zero attached hydrogens (tertiary/aromatic N) is 1. The van der Waals surface area contributed by atoms with E-state index in [1.807, 2.05) is 6.92 Å². The van der Waals surface area contributed by atoms with Crippen molar-refractivity contribution in [1.29, 1.82) is 0 Å². The molecule has 1 aromatic carbocycles. The molecule has 0 saturated heterocycles. The Morgan fingerprint density at radius 3 is 2.94 bits per heavy atom. The SMILES string of the molecule is CCCCC(=O)n1c(=O)oc2ccc(Cl)cc21. The van der Waals surface area contributed by atoms with Crippen LogP contribution in [0.5, 0.6) is 0 Å². The van der Waals surface area contributed by atoms with Crippen molar-refractivity contribution in [3.05, 3.63) is 33.8 Å². The number of carbonyl (C=O) groups is 1. The molecule has 0 amide bonds. The lowest BCUT2D eigenvalue weighted by Gasteiger charge is -1.99. The predicted molar refractivity (Wildman–Crippen MR) is 65.6 cm³/mol. The summed E-state index contributed by atoms with van der Waals surface area (Å²) in [6.45, 7) is 1.99. The van der Waals surface area contributed by atoms with Gasteiger partial charge >= 0.3 is 5.76 Å². The van der Waals surface area contributed by atoms with Crippen LogP contribution >= 0.6 is 11.6 Å². The molecule has 4 nitrogen and oxygen atoms in total. The first-order valence-corrected chi connectivity index (χ1v) is 5.85. The maximum absolute atomic E-state index is 11.9. The van der Waals surface area contributed by atoms with Crippen LogP contribution in [0.3, 0.4) is 0 Å². The van der Waals surface area contributed by atoms with Crippen molar-refractivity contribution in [3.8, 4) is 0 Å². The van der Waals surface area contributed by atoms with E-state index in [-0.39, 0.29) is 5.91 Å². The third-order valence-corrected chi connectivity index (χ3v) is 2.77. The Balaban J connectivity index is 2.52. The minimum absolute atomic E-state index is 0.252. The van der Waals surface area contributed by atoms with Crippen molar-refractivity contribution in [1.82, 2.24) is 4.57 Å². The number of unbranched alkanes of at least 4 members (excludes halogenated alkanes) is 1. The Morgan fingerprint density at radius 1 is 1.47 bits per heavy atom. The van der Waals surface area contributed by atoms with Crippen molar-refractivity contribution in [2.45, 2.75) is 26.2 Å². The highest BCUT2D eigenvalue weighted by atomic mass is 35.5. The summed E-state index contributed by atoms with van der Waals surface area (Å²) in [6.07, 6.45) is 1.98. The van der Waals surface area contributed by atoms with Crippen LogP contribution in [0.1, 0.15) is 31.0 Å². The predicted octanol–water partition coefficient (Wildman–Crippen LogP) is 3.08. The molecule has 0 aliphatic carbocycles. The van der Waals surface area contributed by atoms with Crippen molar-refractivity contribution in [3.63, 3.8) is 0 Å². The van der Waals surface area contributed by atoms with Gasteiger partial charge in [0.25, 0.3) is 0 Å². The molecule has 0 unspecified atom stereocenters. The largest absolute Gasteiger partial charge is 0.426 e. The third-order valence-electron chi connectivity index (χ3n) is 2.54. The van der Waals surface area contributed by atoms with Gasteiger partial charge in [0, 0.05) is 11.4 Å². The second-order valence-corrected chi connectivity index (χ2v) is 4.25. The molecule has 0 bridgehead atoms. The Hall–Kier alpha value is -1.55. The second kappa shape index (κ2) is 4.75. The topological polar surface area (TPSA) is 52.2 Å². The molecule has 0 aliphatic heterocycles. The number of carbonyl (C=O) groups excluding carboxylic acids is 1. The lowest BCUT2D eigenvalue weighted by atomic mass is 10.2. The molecule has 1 aromatic heterocycles. The minimum Gasteiger partial charge on any atom is -0.407 e. The van der Waals surface area contributed by atoms with Crippen molar-refractivity contribution in [2.75, 3.05) is 0 Å². The minimum atomic E-state index is -0.650. The summed E-state index contributed by atoms with van der Waals surface area (Å²) in [6, 6.07) is 4.77. The molecule has 0 radical (unpaired) electrons. The Bertz CT molecular complexity index is 612. The number of benzene rings is 1. The lowest BCUT2D eigenvalue weighted by molar-refractivity contribution is 0.0896. The number of hydrogen-bond acceptors (Lipinski definition) is 3. The van der Waals surface area contributed by atoms with E-state index in [1.54, 1.807) is 18.2 Å². The number of oxazole rings is 1. The van der Waals surface area contributed by atoms with Gasteiger partial charge in [-0.3, -0.25) is 4.79 Å². The van der Waals surface area contributed by atoms with E-state index in [0.29, 0.717) is 22.5 Å². The van der Waals surface area contributed by atoms with Crippen LogP contribution in [0, 0.1) is 0 Å². The van der Waals surface area contributed by atoms with Crippen LogP contribution in [0.15, 0.2) is 27.4 Å². The summed E-state index contributed by atoms with van der Waals surface area (Å²) in [7, 11) is 0. The first-order chi connectivity index (χ1) is 8.13. The molecule has 5 heteroatoms. The number of aromatic nitrogens is 1. The van der Waals surface area contributed by atoms with E-state index in [9.17, 15) is 9.59 Å². The summed E-state index contributed by atoms with van der Waals surface area (Å²) in [5, 5.41) is 0.468. The van der Waals surface area contributed by atoms with Crippen molar-refractivity contribution in [2.24, 2.45) is 0 Å². The second-order valence-electron chi connectivity index (χ2n) is 3.81. The fourth-order valence-electron chi connectivity index (χ4n) is 1.67. The smallest absolute Gasteiger partial charge is 0.407 e. The van der Waals surface area contributed by atoms with Gasteiger partial charge in [0.1, 0.15) is 0 Å². The van der Waals surface area contributed by atoms with Crippen LogP contribution in [-0.2, 0) is 0 Å². The van der Waals surface area contributed by atoms with Gasteiger partial charge in [-0.15, -0.1) is 0 Å². The molecule has 0 spiro atoms. The Kier molecular flexibility index (Phi) is 3.33. The number of halogens is 1. The van der Waals surface area contributed by atoms with Gasteiger partial charge in [-0.25, -0.2) is 9.36 Å². The first kappa shape index (κ1) is 11.9. The average Bonchev–Trinajstić information content (AvgIpc) is 2.61. The van der Waals surface area contributed by atoms with Gasteiger partial charge in [0.2, 0.25) is 5.91 Å². The van der Waals surface area contributed by atoms with Crippen molar-refractivity contribution >= 4 is 28.6 Å². The number of rotatable bonds is 3. The van der Waals surface area contributed by atoms with E-state index in [0.717, 1.165) is 17.4 Å². The van der Waals surface area contributed by atoms with E-state index in [4.69, 9.17) is 16.0 Å². The first-order valence-electron chi connectivity index (χ1n) is 5.47. The van der Waals surface area contributed by atoms with Gasteiger partial charge in [-0.2, -0.15) is 0 Å². The van der Waals surface area contributed by atoms with Crippen LogP contribution in [0.2, 0.25) is 5.02 Å². The summed E-state index contributed by atoms with van der Waals surface area (Å²) >= 11 is 5.84. The molecule has 2 rings (SSSR count). The maximum Gasteiger partial charge on any atom is 0.426 e. The quantitative estimate of drug-likeness (QED) is 0.845. The zero-order chi connectivity index (χ0) is 12.4. The molecule has 0 atom stereocenters. The van der Waals surface area contributed by atoms with E-state index in [1.165, 1.54) is 0 Å². The van der Waals surface area contributed by atoms with Gasteiger partial charge in [-0.1, -0.05) is 24.9 Å². The highest BCUT2D eigenvalue weighted by molar-refractivity contribution is 6.31. The normalized spacial score (nSPS) is 10.9. The highest BCUT2D eigenvalue weighted by Gasteiger charge is 2.15. The van der Waals surface area contributed by atoms with Crippen LogP contribution in [0.25, 0.3) is 11.1 Å². The Labute approximate surface area is 103 Å². The van der Waals surface area contributed by atoms with Gasteiger partial charge in [-0.05, 0) is 24.6 Å². The third kappa shape index (κ3) is 2.26. The highest BCUT2D eigenvalue weighted by Crippen LogP contribution is 2.18. The lowest BCUT2D eigenvalue weighted by Crippen LogP contribution is -2.22. The number of hydrogen-bond donors (Lipinski definition) is 0. The van der Waals surface area contributed by atoms with Gasteiger partial charge in [0.05, 0.1) is 5.52 Å². The van der Waals surface area contributed by atoms with E-state index >= 15 is 0 Å². The molecule has 90 valence electrons.